The van der Waals surface area contributed by atoms with Gasteiger partial charge in [-0.15, -0.1) is 0 Å². The number of nitrogens with one attached hydrogen (secondary N) is 1. The molecule has 106 valence electrons. The predicted molar refractivity (Wildman–Crippen MR) is 85.1 cm³/mol. The monoisotopic (exact) mass is 309 g/mol. The third-order valence-electron chi connectivity index (χ3n) is 3.32. The molecule has 0 amide bonds. The molecule has 1 unspecified atom stereocenters. The first kappa shape index (κ1) is 15.2. The van der Waals surface area contributed by atoms with Crippen molar-refractivity contribution in [2.45, 2.75) is 13.0 Å². The van der Waals surface area contributed by atoms with Crippen molar-refractivity contribution in [3.63, 3.8) is 0 Å². The number of aryl methyl sites for hydroxylation is 1. The lowest BCUT2D eigenvalue weighted by molar-refractivity contribution is 0.410. The molecule has 2 aromatic carbocycles. The van der Waals surface area contributed by atoms with Crippen LogP contribution in [0.25, 0.3) is 0 Å². The van der Waals surface area contributed by atoms with Crippen LogP contribution in [0.5, 0.6) is 5.75 Å². The highest BCUT2D eigenvalue weighted by Crippen LogP contribution is 2.32. The molecule has 0 radical (unpaired) electrons. The number of hydrogen-bond acceptors (Lipinski definition) is 2. The smallest absolute Gasteiger partial charge is 0.122 e. The summed E-state index contributed by atoms with van der Waals surface area (Å²) in [6, 6.07) is 11.6. The summed E-state index contributed by atoms with van der Waals surface area (Å²) >= 11 is 12.4. The van der Waals surface area contributed by atoms with Gasteiger partial charge in [0.2, 0.25) is 0 Å². The predicted octanol–water partition coefficient (Wildman–Crippen LogP) is 4.62. The molecule has 2 nitrogen and oxygen atoms in total. The highest BCUT2D eigenvalue weighted by molar-refractivity contribution is 6.33. The SMILES string of the molecule is CNC(c1ccc(C)c(OC)c1)c1cc(Cl)ccc1Cl. The van der Waals surface area contributed by atoms with E-state index in [0.717, 1.165) is 22.4 Å². The molecule has 0 saturated heterocycles. The Balaban J connectivity index is 2.49. The van der Waals surface area contributed by atoms with E-state index in [1.54, 1.807) is 13.2 Å². The Morgan fingerprint density at radius 2 is 1.85 bits per heavy atom. The quantitative estimate of drug-likeness (QED) is 0.890. The summed E-state index contributed by atoms with van der Waals surface area (Å²) in [5.41, 5.74) is 3.13. The van der Waals surface area contributed by atoms with Gasteiger partial charge in [-0.05, 0) is 54.9 Å². The van der Waals surface area contributed by atoms with Crippen LogP contribution in [0.2, 0.25) is 10.0 Å². The van der Waals surface area contributed by atoms with E-state index in [1.807, 2.05) is 38.2 Å². The van der Waals surface area contributed by atoms with E-state index in [1.165, 1.54) is 0 Å². The van der Waals surface area contributed by atoms with Gasteiger partial charge >= 0.3 is 0 Å². The average Bonchev–Trinajstić information content (AvgIpc) is 2.45. The molecule has 2 aromatic rings. The van der Waals surface area contributed by atoms with E-state index in [4.69, 9.17) is 27.9 Å². The molecule has 0 aliphatic carbocycles. The Morgan fingerprint density at radius 3 is 2.50 bits per heavy atom. The zero-order valence-corrected chi connectivity index (χ0v) is 13.2. The number of methoxy groups -OCH3 is 1. The summed E-state index contributed by atoms with van der Waals surface area (Å²) in [5, 5.41) is 4.63. The van der Waals surface area contributed by atoms with Crippen LogP contribution in [0, 0.1) is 6.92 Å². The Bertz CT molecular complexity index is 613. The minimum Gasteiger partial charge on any atom is -0.496 e. The van der Waals surface area contributed by atoms with Crippen molar-refractivity contribution in [1.29, 1.82) is 0 Å². The standard InChI is InChI=1S/C16H17Cl2NO/c1-10-4-5-11(8-15(10)20-3)16(19-2)13-9-12(17)6-7-14(13)18/h4-9,16,19H,1-3H3. The second kappa shape index (κ2) is 6.49. The van der Waals surface area contributed by atoms with Gasteiger partial charge in [0.05, 0.1) is 13.2 Å². The first-order valence-corrected chi connectivity index (χ1v) is 7.09. The summed E-state index contributed by atoms with van der Waals surface area (Å²) in [4.78, 5) is 0. The number of hydrogen-bond donors (Lipinski definition) is 1. The molecule has 2 rings (SSSR count). The third-order valence-corrected chi connectivity index (χ3v) is 3.90. The van der Waals surface area contributed by atoms with Crippen molar-refractivity contribution in [1.82, 2.24) is 5.32 Å². The van der Waals surface area contributed by atoms with Crippen LogP contribution in [0.15, 0.2) is 36.4 Å². The van der Waals surface area contributed by atoms with Gasteiger partial charge in [-0.25, -0.2) is 0 Å². The van der Waals surface area contributed by atoms with Crippen molar-refractivity contribution in [3.05, 3.63) is 63.1 Å². The van der Waals surface area contributed by atoms with Gasteiger partial charge < -0.3 is 10.1 Å². The lowest BCUT2D eigenvalue weighted by Crippen LogP contribution is -2.18. The Morgan fingerprint density at radius 1 is 1.10 bits per heavy atom. The van der Waals surface area contributed by atoms with Gasteiger partial charge in [-0.2, -0.15) is 0 Å². The minimum atomic E-state index is -0.0318. The molecule has 4 heteroatoms. The summed E-state index contributed by atoms with van der Waals surface area (Å²) in [6.45, 7) is 2.02. The maximum absolute atomic E-state index is 6.29. The van der Waals surface area contributed by atoms with Crippen LogP contribution in [-0.2, 0) is 0 Å². The fourth-order valence-corrected chi connectivity index (χ4v) is 2.66. The molecule has 0 heterocycles. The highest BCUT2D eigenvalue weighted by atomic mass is 35.5. The lowest BCUT2D eigenvalue weighted by atomic mass is 9.97. The van der Waals surface area contributed by atoms with Gasteiger partial charge in [0, 0.05) is 10.0 Å². The zero-order valence-electron chi connectivity index (χ0n) is 11.7. The molecule has 0 spiro atoms. The van der Waals surface area contributed by atoms with E-state index in [2.05, 4.69) is 11.4 Å². The van der Waals surface area contributed by atoms with Crippen LogP contribution in [0.3, 0.4) is 0 Å². The van der Waals surface area contributed by atoms with Crippen molar-refractivity contribution in [3.8, 4) is 5.75 Å². The first-order valence-electron chi connectivity index (χ1n) is 6.33. The third kappa shape index (κ3) is 3.09. The molecule has 0 fully saturated rings. The molecule has 0 saturated carbocycles. The van der Waals surface area contributed by atoms with Gasteiger partial charge in [-0.3, -0.25) is 0 Å². The van der Waals surface area contributed by atoms with Crippen LogP contribution >= 0.6 is 23.2 Å². The molecule has 0 aromatic heterocycles. The second-order valence-electron chi connectivity index (χ2n) is 4.62. The topological polar surface area (TPSA) is 21.3 Å². The number of rotatable bonds is 4. The lowest BCUT2D eigenvalue weighted by Gasteiger charge is -2.20. The minimum absolute atomic E-state index is 0.0318. The second-order valence-corrected chi connectivity index (χ2v) is 5.46. The van der Waals surface area contributed by atoms with E-state index in [9.17, 15) is 0 Å². The normalized spacial score (nSPS) is 12.2. The van der Waals surface area contributed by atoms with Crippen LogP contribution < -0.4 is 10.1 Å². The van der Waals surface area contributed by atoms with Gasteiger partial charge in [0.1, 0.15) is 5.75 Å². The number of ether oxygens (including phenoxy) is 1. The van der Waals surface area contributed by atoms with E-state index >= 15 is 0 Å². The van der Waals surface area contributed by atoms with Crippen molar-refractivity contribution in [2.24, 2.45) is 0 Å². The average molecular weight is 310 g/mol. The zero-order chi connectivity index (χ0) is 14.7. The Labute approximate surface area is 129 Å². The fourth-order valence-electron chi connectivity index (χ4n) is 2.25. The van der Waals surface area contributed by atoms with Crippen LogP contribution in [0.4, 0.5) is 0 Å². The van der Waals surface area contributed by atoms with E-state index < -0.39 is 0 Å². The molecular formula is C16H17Cl2NO. The highest BCUT2D eigenvalue weighted by Gasteiger charge is 2.17. The van der Waals surface area contributed by atoms with Gasteiger partial charge in [0.25, 0.3) is 0 Å². The fraction of sp³-hybridized carbons (Fsp3) is 0.250. The molecular weight excluding hydrogens is 293 g/mol. The van der Waals surface area contributed by atoms with Crippen molar-refractivity contribution in [2.75, 3.05) is 14.2 Å². The summed E-state index contributed by atoms with van der Waals surface area (Å²) in [5.74, 6) is 0.862. The van der Waals surface area contributed by atoms with Gasteiger partial charge in [-0.1, -0.05) is 35.3 Å². The molecule has 0 aliphatic heterocycles. The van der Waals surface area contributed by atoms with Crippen LogP contribution in [0.1, 0.15) is 22.7 Å². The van der Waals surface area contributed by atoms with Crippen molar-refractivity contribution >= 4 is 23.2 Å². The Kier molecular flexibility index (Phi) is 4.92. The summed E-state index contributed by atoms with van der Waals surface area (Å²) < 4.78 is 5.38. The Hall–Kier alpha value is -1.22. The van der Waals surface area contributed by atoms with Crippen molar-refractivity contribution < 1.29 is 4.74 Å². The summed E-state index contributed by atoms with van der Waals surface area (Å²) in [6.07, 6.45) is 0. The maximum atomic E-state index is 6.29. The largest absolute Gasteiger partial charge is 0.496 e. The van der Waals surface area contributed by atoms with Crippen LogP contribution in [-0.4, -0.2) is 14.2 Å². The van der Waals surface area contributed by atoms with Gasteiger partial charge in [0.15, 0.2) is 0 Å². The number of benzene rings is 2. The van der Waals surface area contributed by atoms with E-state index in [-0.39, 0.29) is 6.04 Å². The molecule has 1 atom stereocenters. The number of halogens is 2. The first-order chi connectivity index (χ1) is 9.56. The molecule has 1 N–H and O–H groups in total. The molecule has 0 bridgehead atoms. The molecule has 20 heavy (non-hydrogen) atoms. The molecule has 0 aliphatic rings. The maximum Gasteiger partial charge on any atom is 0.122 e. The van der Waals surface area contributed by atoms with E-state index in [0.29, 0.717) is 10.0 Å². The summed E-state index contributed by atoms with van der Waals surface area (Å²) in [7, 11) is 3.57.